The molecule has 2 amide bonds. The van der Waals surface area contributed by atoms with Crippen LogP contribution in [0.15, 0.2) is 36.7 Å². The van der Waals surface area contributed by atoms with E-state index >= 15 is 0 Å². The Labute approximate surface area is 138 Å². The molecule has 0 saturated carbocycles. The van der Waals surface area contributed by atoms with Crippen LogP contribution < -0.4 is 10.6 Å². The lowest BCUT2D eigenvalue weighted by molar-refractivity contribution is 0.0596. The number of benzene rings is 1. The number of aromatic nitrogens is 1. The van der Waals surface area contributed by atoms with Gasteiger partial charge in [-0.05, 0) is 37.1 Å². The van der Waals surface area contributed by atoms with E-state index in [1.165, 1.54) is 37.5 Å². The first-order chi connectivity index (χ1) is 10.8. The van der Waals surface area contributed by atoms with Crippen molar-refractivity contribution in [3.63, 3.8) is 0 Å². The van der Waals surface area contributed by atoms with E-state index in [9.17, 15) is 14.3 Å². The van der Waals surface area contributed by atoms with Crippen LogP contribution in [0.2, 0.25) is 5.02 Å². The predicted octanol–water partition coefficient (Wildman–Crippen LogP) is 3.21. The van der Waals surface area contributed by atoms with Crippen LogP contribution in [-0.4, -0.2) is 22.7 Å². The Kier molecular flexibility index (Phi) is 5.18. The molecule has 1 heterocycles. The van der Waals surface area contributed by atoms with Crippen LogP contribution in [0.25, 0.3) is 0 Å². The second-order valence-electron chi connectivity index (χ2n) is 5.39. The van der Waals surface area contributed by atoms with Crippen molar-refractivity contribution in [3.05, 3.63) is 58.6 Å². The second kappa shape index (κ2) is 6.93. The van der Waals surface area contributed by atoms with Gasteiger partial charge in [0.15, 0.2) is 0 Å². The van der Waals surface area contributed by atoms with E-state index in [-0.39, 0.29) is 6.54 Å². The lowest BCUT2D eigenvalue weighted by Crippen LogP contribution is -2.40. The van der Waals surface area contributed by atoms with Crippen LogP contribution in [0.4, 0.5) is 14.9 Å². The molecule has 0 spiro atoms. The summed E-state index contributed by atoms with van der Waals surface area (Å²) in [6.45, 7) is 3.16. The Bertz CT molecular complexity index is 722. The highest BCUT2D eigenvalue weighted by molar-refractivity contribution is 6.31. The normalized spacial score (nSPS) is 13.3. The van der Waals surface area contributed by atoms with Crippen molar-refractivity contribution >= 4 is 23.3 Å². The third kappa shape index (κ3) is 4.40. The van der Waals surface area contributed by atoms with E-state index in [1.54, 1.807) is 13.0 Å². The van der Waals surface area contributed by atoms with E-state index in [2.05, 4.69) is 15.6 Å². The maximum absolute atomic E-state index is 13.2. The van der Waals surface area contributed by atoms with Gasteiger partial charge in [-0.3, -0.25) is 4.98 Å². The number of carbonyl (C=O) groups excluding carboxylic acids is 1. The molecular formula is C16H17ClFN3O2. The molecule has 1 aromatic heterocycles. The highest BCUT2D eigenvalue weighted by Gasteiger charge is 2.24. The number of anilines is 1. The van der Waals surface area contributed by atoms with Gasteiger partial charge in [-0.25, -0.2) is 9.18 Å². The molecule has 1 atom stereocenters. The quantitative estimate of drug-likeness (QED) is 0.802. The number of halogens is 2. The molecular weight excluding hydrogens is 321 g/mol. The van der Waals surface area contributed by atoms with Crippen molar-refractivity contribution in [1.29, 1.82) is 0 Å². The zero-order valence-corrected chi connectivity index (χ0v) is 13.5. The van der Waals surface area contributed by atoms with Crippen molar-refractivity contribution in [2.45, 2.75) is 19.4 Å². The first-order valence-corrected chi connectivity index (χ1v) is 7.31. The van der Waals surface area contributed by atoms with Crippen LogP contribution in [-0.2, 0) is 5.60 Å². The van der Waals surface area contributed by atoms with Crippen LogP contribution in [0.1, 0.15) is 18.1 Å². The summed E-state index contributed by atoms with van der Waals surface area (Å²) in [4.78, 5) is 15.8. The Balaban J connectivity index is 1.99. The Morgan fingerprint density at radius 2 is 2.17 bits per heavy atom. The van der Waals surface area contributed by atoms with Gasteiger partial charge in [0.2, 0.25) is 0 Å². The average Bonchev–Trinajstić information content (AvgIpc) is 2.50. The molecule has 7 heteroatoms. The number of hydrogen-bond acceptors (Lipinski definition) is 3. The average molecular weight is 338 g/mol. The zero-order chi connectivity index (χ0) is 17.0. The first-order valence-electron chi connectivity index (χ1n) is 6.93. The van der Waals surface area contributed by atoms with E-state index in [0.29, 0.717) is 21.8 Å². The summed E-state index contributed by atoms with van der Waals surface area (Å²) in [5.74, 6) is -0.451. The number of nitrogens with zero attached hydrogens (tertiary/aromatic N) is 1. The summed E-state index contributed by atoms with van der Waals surface area (Å²) in [5.41, 5.74) is 0.133. The van der Waals surface area contributed by atoms with Gasteiger partial charge in [0.05, 0.1) is 23.5 Å². The van der Waals surface area contributed by atoms with Crippen molar-refractivity contribution in [3.8, 4) is 0 Å². The van der Waals surface area contributed by atoms with Crippen LogP contribution >= 0.6 is 11.6 Å². The lowest BCUT2D eigenvalue weighted by atomic mass is 9.96. The minimum Gasteiger partial charge on any atom is -0.384 e. The first kappa shape index (κ1) is 17.2. The fourth-order valence-corrected chi connectivity index (χ4v) is 2.13. The Morgan fingerprint density at radius 1 is 1.43 bits per heavy atom. The van der Waals surface area contributed by atoms with E-state index in [0.717, 1.165) is 0 Å². The molecule has 1 unspecified atom stereocenters. The number of pyridine rings is 1. The van der Waals surface area contributed by atoms with E-state index in [4.69, 9.17) is 11.6 Å². The standard InChI is InChI=1S/C16H17ClFN3O2/c1-10-13(17)7-19-8-14(10)21-15(22)20-9-16(2,23)11-4-3-5-12(18)6-11/h3-8,23H,9H2,1-2H3,(H2,20,21,22). The third-order valence-corrected chi connectivity index (χ3v) is 3.82. The van der Waals surface area contributed by atoms with Gasteiger partial charge in [0.1, 0.15) is 11.4 Å². The van der Waals surface area contributed by atoms with Gasteiger partial charge in [-0.15, -0.1) is 0 Å². The van der Waals surface area contributed by atoms with Crippen LogP contribution in [0.3, 0.4) is 0 Å². The number of rotatable bonds is 4. The number of urea groups is 1. The number of hydrogen-bond donors (Lipinski definition) is 3. The molecule has 5 nitrogen and oxygen atoms in total. The summed E-state index contributed by atoms with van der Waals surface area (Å²) in [7, 11) is 0. The molecule has 23 heavy (non-hydrogen) atoms. The van der Waals surface area contributed by atoms with Crippen molar-refractivity contribution in [2.24, 2.45) is 0 Å². The lowest BCUT2D eigenvalue weighted by Gasteiger charge is -2.24. The molecule has 0 aliphatic rings. The van der Waals surface area contributed by atoms with Crippen molar-refractivity contribution in [1.82, 2.24) is 10.3 Å². The summed E-state index contributed by atoms with van der Waals surface area (Å²) in [6, 6.07) is 5.08. The van der Waals surface area contributed by atoms with Gasteiger partial charge in [0.25, 0.3) is 0 Å². The third-order valence-electron chi connectivity index (χ3n) is 3.44. The fourth-order valence-electron chi connectivity index (χ4n) is 1.97. The molecule has 0 bridgehead atoms. The fraction of sp³-hybridized carbons (Fsp3) is 0.250. The molecule has 0 aliphatic carbocycles. The molecule has 0 saturated heterocycles. The maximum atomic E-state index is 13.2. The smallest absolute Gasteiger partial charge is 0.319 e. The molecule has 1 aromatic carbocycles. The van der Waals surface area contributed by atoms with E-state index < -0.39 is 17.4 Å². The zero-order valence-electron chi connectivity index (χ0n) is 12.7. The van der Waals surface area contributed by atoms with E-state index in [1.807, 2.05) is 0 Å². The maximum Gasteiger partial charge on any atom is 0.319 e. The van der Waals surface area contributed by atoms with Gasteiger partial charge in [-0.1, -0.05) is 23.7 Å². The summed E-state index contributed by atoms with van der Waals surface area (Å²) < 4.78 is 13.2. The molecule has 2 rings (SSSR count). The van der Waals surface area contributed by atoms with Crippen LogP contribution in [0.5, 0.6) is 0 Å². The highest BCUT2D eigenvalue weighted by Crippen LogP contribution is 2.22. The minimum atomic E-state index is -1.40. The Hall–Kier alpha value is -2.18. The largest absolute Gasteiger partial charge is 0.384 e. The highest BCUT2D eigenvalue weighted by atomic mass is 35.5. The molecule has 3 N–H and O–H groups in total. The van der Waals surface area contributed by atoms with Gasteiger partial charge < -0.3 is 15.7 Å². The molecule has 0 fully saturated rings. The Morgan fingerprint density at radius 3 is 2.87 bits per heavy atom. The summed E-state index contributed by atoms with van der Waals surface area (Å²) in [6.07, 6.45) is 2.96. The minimum absolute atomic E-state index is 0.0880. The molecule has 0 radical (unpaired) electrons. The number of aliphatic hydroxyl groups is 1. The van der Waals surface area contributed by atoms with Crippen molar-refractivity contribution < 1.29 is 14.3 Å². The SMILES string of the molecule is Cc1c(Cl)cncc1NC(=O)NCC(C)(O)c1cccc(F)c1. The van der Waals surface area contributed by atoms with Gasteiger partial charge in [0, 0.05) is 6.20 Å². The molecule has 2 aromatic rings. The monoisotopic (exact) mass is 337 g/mol. The number of nitrogens with one attached hydrogen (secondary N) is 2. The predicted molar refractivity (Wildman–Crippen MR) is 87.0 cm³/mol. The molecule has 0 aliphatic heterocycles. The number of amides is 2. The topological polar surface area (TPSA) is 74.2 Å². The number of carbonyl (C=O) groups is 1. The summed E-state index contributed by atoms with van der Waals surface area (Å²) in [5, 5.41) is 16.0. The van der Waals surface area contributed by atoms with Gasteiger partial charge in [-0.2, -0.15) is 0 Å². The molecule has 122 valence electrons. The van der Waals surface area contributed by atoms with Crippen LogP contribution in [0, 0.1) is 12.7 Å². The van der Waals surface area contributed by atoms with Crippen molar-refractivity contribution in [2.75, 3.05) is 11.9 Å². The summed E-state index contributed by atoms with van der Waals surface area (Å²) >= 11 is 5.93. The van der Waals surface area contributed by atoms with Gasteiger partial charge >= 0.3 is 6.03 Å². The second-order valence-corrected chi connectivity index (χ2v) is 5.79.